The van der Waals surface area contributed by atoms with Gasteiger partial charge < -0.3 is 35.3 Å². The first-order valence-electron chi connectivity index (χ1n) is 50.6. The van der Waals surface area contributed by atoms with Gasteiger partial charge in [-0.1, -0.05) is 328 Å². The molecule has 0 aliphatic carbocycles. The van der Waals surface area contributed by atoms with Crippen LogP contribution in [0.3, 0.4) is 0 Å². The molecule has 0 aliphatic heterocycles. The van der Waals surface area contributed by atoms with E-state index in [1.807, 2.05) is 97.1 Å². The Hall–Kier alpha value is -20.3. The Kier molecular flexibility index (Phi) is 17.3. The van der Waals surface area contributed by atoms with Crippen molar-refractivity contribution in [1.82, 2.24) is 19.9 Å². The van der Waals surface area contributed by atoms with Crippen molar-refractivity contribution in [2.24, 2.45) is 0 Å². The number of hydrogen-bond acceptors (Lipinski definition) is 12. The number of fused-ring (bicyclic) bond motifs is 45. The van der Waals surface area contributed by atoms with E-state index in [4.69, 9.17) is 55.3 Å². The fourth-order valence-corrected chi connectivity index (χ4v) is 24.3. The molecule has 0 atom stereocenters. The van der Waals surface area contributed by atoms with Gasteiger partial charge in [-0.3, -0.25) is 0 Å². The molecule has 12 aromatic heterocycles. The van der Waals surface area contributed by atoms with E-state index in [1.54, 1.807) is 0 Å². The van der Waals surface area contributed by atoms with Crippen molar-refractivity contribution in [3.8, 4) is 67.2 Å². The summed E-state index contributed by atoms with van der Waals surface area (Å²) in [5.41, 5.74) is 29.9. The van der Waals surface area contributed by atoms with Crippen molar-refractivity contribution in [2.45, 2.75) is 0 Å². The predicted molar refractivity (Wildman–Crippen MR) is 616 cm³/mol. The Balaban J connectivity index is 0.0000000975. The Labute approximate surface area is 849 Å². The highest BCUT2D eigenvalue weighted by atomic mass is 16.4. The van der Waals surface area contributed by atoms with Crippen LogP contribution in [0.4, 0.5) is 0 Å². The summed E-state index contributed by atoms with van der Waals surface area (Å²) in [6, 6.07) is 157. The first kappa shape index (κ1) is 82.1. The van der Waals surface area contributed by atoms with Crippen LogP contribution < -0.4 is 0 Å². The highest BCUT2D eigenvalue weighted by Crippen LogP contribution is 2.53. The molecule has 0 aliphatic rings. The van der Waals surface area contributed by atoms with Crippen molar-refractivity contribution in [3.05, 3.63) is 449 Å². The van der Waals surface area contributed by atoms with Gasteiger partial charge in [0, 0.05) is 130 Å². The molecule has 12 heterocycles. The maximum atomic E-state index is 6.81. The molecule has 0 saturated carbocycles. The van der Waals surface area contributed by atoms with E-state index in [0.29, 0.717) is 0 Å². The number of para-hydroxylation sites is 7. The molecule has 35 rings (SSSR count). The standard InChI is InChI=1S/2C47H25NO3.C44H24N2O2/c1-3-14-30-26(10-1)20-23-39-40(30)41-31-15-4-2-11-28(31)25-36(46(41)51-39)27-12-9-13-29(24-27)43-42-34-17-6-8-19-38(34)49-45(42)35-22-21-33-32-16-5-7-18-37(32)50-47(33)44(35)48-43;1-3-11-30-26(9-1)21-24-39-40(30)41-31-12-4-2-10-29(31)25-36(46(41)51-39)27-17-19-28(20-18-27)43-42-34-14-6-8-16-38(34)49-45(42)35-23-22-33-32-13-5-7-15-37(32)50-47(33)44(35)48-43;1-6-14-36-27(9-1)23-28-24-35(29-10-2-3-12-31(29)40(28)45-36)25-17-19-26(20-18-25)41-39-33-13-5-8-16-38(33)47-43(39)34-22-21-32-30-11-4-7-15-37(30)48-44(32)42(34)46-41/h2*1-25H;1-24H. The Morgan fingerprint density at radius 1 is 0.127 bits per heavy atom. The lowest BCUT2D eigenvalue weighted by atomic mass is 9.93. The van der Waals surface area contributed by atoms with E-state index in [2.05, 4.69) is 352 Å². The predicted octanol–water partition coefficient (Wildman–Crippen LogP) is 39.4. The number of hydrogen-bond donors (Lipinski definition) is 0. The van der Waals surface area contributed by atoms with Gasteiger partial charge in [-0.2, -0.15) is 0 Å². The first-order valence-corrected chi connectivity index (χ1v) is 50.6. The van der Waals surface area contributed by atoms with Gasteiger partial charge >= 0.3 is 0 Å². The number of aromatic nitrogens is 4. The summed E-state index contributed by atoms with van der Waals surface area (Å²) in [6.45, 7) is 0. The number of pyridine rings is 4. The molecule has 150 heavy (non-hydrogen) atoms. The second-order valence-electron chi connectivity index (χ2n) is 39.3. The van der Waals surface area contributed by atoms with E-state index in [0.717, 1.165) is 297 Å². The summed E-state index contributed by atoms with van der Waals surface area (Å²) in [6.07, 6.45) is 0. The number of benzene rings is 23. The number of nitrogens with zero attached hydrogens (tertiary/aromatic N) is 4. The minimum Gasteiger partial charge on any atom is -0.455 e. The number of rotatable bonds is 6. The van der Waals surface area contributed by atoms with Crippen LogP contribution in [0.25, 0.3) is 351 Å². The third-order valence-corrected chi connectivity index (χ3v) is 31.1. The van der Waals surface area contributed by atoms with Crippen LogP contribution >= 0.6 is 0 Å². The molecule has 0 radical (unpaired) electrons. The minimum absolute atomic E-state index is 0.763. The molecule has 0 fully saturated rings. The van der Waals surface area contributed by atoms with Crippen molar-refractivity contribution in [3.63, 3.8) is 0 Å². The molecule has 35 aromatic rings. The minimum atomic E-state index is 0.763. The van der Waals surface area contributed by atoms with Crippen molar-refractivity contribution < 1.29 is 35.3 Å². The summed E-state index contributed by atoms with van der Waals surface area (Å²) in [7, 11) is 0. The van der Waals surface area contributed by atoms with Crippen LogP contribution in [-0.2, 0) is 0 Å². The van der Waals surface area contributed by atoms with Crippen molar-refractivity contribution >= 4 is 284 Å². The van der Waals surface area contributed by atoms with Gasteiger partial charge in [-0.05, 0) is 192 Å². The SMILES string of the molecule is c1cc(-c2cc3ccccc3c3c2oc2ccc4ccccc4c23)cc(-c2nc3c(ccc4c5ccccc5oc43)c3oc4ccccc4c23)c1.c1ccc2c(c1)ccc1oc3c(-c4ccc(-c5nc6c(ccc7c8ccccc8oc76)c6oc7ccccc7c56)cc4)cc4ccccc4c3c12.c1ccc2nc3c(cc(-c4ccc(-c5nc6c(ccc7c8ccccc8oc76)c6oc7ccccc7c56)cc4)c4ccccc43)cc2c1. The highest BCUT2D eigenvalue weighted by molar-refractivity contribution is 6.34. The molecular formula is C138H74N4O8. The zero-order valence-electron chi connectivity index (χ0n) is 79.8. The molecule has 0 saturated heterocycles. The molecule has 12 heteroatoms. The first-order chi connectivity index (χ1) is 74.3. The second-order valence-corrected chi connectivity index (χ2v) is 39.3. The average molecular weight is 1920 g/mol. The van der Waals surface area contributed by atoms with Gasteiger partial charge in [-0.25, -0.2) is 19.9 Å². The van der Waals surface area contributed by atoms with Crippen LogP contribution in [0.2, 0.25) is 0 Å². The quantitative estimate of drug-likeness (QED) is 0.115. The summed E-state index contributed by atoms with van der Waals surface area (Å²) in [5, 5.41) is 34.0. The lowest BCUT2D eigenvalue weighted by molar-refractivity contribution is 0.668. The third kappa shape index (κ3) is 12.1. The fraction of sp³-hybridized carbons (Fsp3) is 0. The van der Waals surface area contributed by atoms with Crippen LogP contribution in [-0.4, -0.2) is 19.9 Å². The van der Waals surface area contributed by atoms with Crippen LogP contribution in [0.1, 0.15) is 0 Å². The highest BCUT2D eigenvalue weighted by Gasteiger charge is 2.30. The Morgan fingerprint density at radius 2 is 0.433 bits per heavy atom. The lowest BCUT2D eigenvalue weighted by Gasteiger charge is -2.12. The molecule has 694 valence electrons. The zero-order valence-corrected chi connectivity index (χ0v) is 79.8. The smallest absolute Gasteiger partial charge is 0.161 e. The zero-order chi connectivity index (χ0) is 97.8. The molecule has 0 spiro atoms. The van der Waals surface area contributed by atoms with E-state index >= 15 is 0 Å². The molecular weight excluding hydrogens is 1840 g/mol. The molecule has 23 aromatic carbocycles. The molecule has 12 nitrogen and oxygen atoms in total. The number of furan rings is 8. The maximum absolute atomic E-state index is 6.81. The van der Waals surface area contributed by atoms with E-state index in [1.165, 1.54) is 54.0 Å². The summed E-state index contributed by atoms with van der Waals surface area (Å²) in [4.78, 5) is 21.3. The Bertz CT molecular complexity index is 12100. The molecule has 0 bridgehead atoms. The maximum Gasteiger partial charge on any atom is 0.161 e. The topological polar surface area (TPSA) is 157 Å². The van der Waals surface area contributed by atoms with Crippen molar-refractivity contribution in [1.29, 1.82) is 0 Å². The Morgan fingerprint density at radius 3 is 0.873 bits per heavy atom. The van der Waals surface area contributed by atoms with E-state index in [9.17, 15) is 0 Å². The van der Waals surface area contributed by atoms with Gasteiger partial charge in [0.15, 0.2) is 16.7 Å². The normalized spacial score (nSPS) is 12.3. The van der Waals surface area contributed by atoms with Crippen LogP contribution in [0.15, 0.2) is 484 Å². The summed E-state index contributed by atoms with van der Waals surface area (Å²) >= 11 is 0. The molecule has 0 N–H and O–H groups in total. The van der Waals surface area contributed by atoms with E-state index < -0.39 is 0 Å². The van der Waals surface area contributed by atoms with Crippen LogP contribution in [0.5, 0.6) is 0 Å². The average Bonchev–Trinajstić information content (AvgIpc) is 1.54. The summed E-state index contributed by atoms with van der Waals surface area (Å²) in [5.74, 6) is 0. The second kappa shape index (κ2) is 31.6. The van der Waals surface area contributed by atoms with Gasteiger partial charge in [0.25, 0.3) is 0 Å². The lowest BCUT2D eigenvalue weighted by Crippen LogP contribution is -1.90. The molecule has 0 amide bonds. The third-order valence-electron chi connectivity index (χ3n) is 31.1. The monoisotopic (exact) mass is 1910 g/mol. The van der Waals surface area contributed by atoms with Crippen molar-refractivity contribution in [2.75, 3.05) is 0 Å². The molecule has 0 unspecified atom stereocenters. The van der Waals surface area contributed by atoms with Gasteiger partial charge in [0.2, 0.25) is 0 Å². The fourth-order valence-electron chi connectivity index (χ4n) is 24.3. The van der Waals surface area contributed by atoms with Crippen LogP contribution in [0, 0.1) is 0 Å². The largest absolute Gasteiger partial charge is 0.455 e. The summed E-state index contributed by atoms with van der Waals surface area (Å²) < 4.78 is 52.8. The van der Waals surface area contributed by atoms with Gasteiger partial charge in [0.05, 0.1) is 44.3 Å². The van der Waals surface area contributed by atoms with Gasteiger partial charge in [0.1, 0.15) is 89.1 Å². The van der Waals surface area contributed by atoms with E-state index in [-0.39, 0.29) is 0 Å². The van der Waals surface area contributed by atoms with Gasteiger partial charge in [-0.15, -0.1) is 0 Å².